The Balaban J connectivity index is 0.000000853. The van der Waals surface area contributed by atoms with Crippen molar-refractivity contribution in [3.05, 3.63) is 63.6 Å². The number of nitrogens with zero attached hydrogens (tertiary/aromatic N) is 2. The SMILES string of the molecule is [CH3-].[CH3-].[Pd].c1cnc2c(c1)ccc1cccnc12. The molecule has 0 amide bonds. The van der Waals surface area contributed by atoms with Crippen LogP contribution in [0.1, 0.15) is 0 Å². The minimum atomic E-state index is 0. The average molecular weight is 317 g/mol. The van der Waals surface area contributed by atoms with Crippen LogP contribution in [0.2, 0.25) is 0 Å². The van der Waals surface area contributed by atoms with Gasteiger partial charge in [0.1, 0.15) is 0 Å². The Bertz CT molecular complexity index is 553. The largest absolute Gasteiger partial charge is 0.358 e. The molecule has 2 nitrogen and oxygen atoms in total. The normalized spacial score (nSPS) is 8.94. The Morgan fingerprint density at radius 2 is 1.06 bits per heavy atom. The van der Waals surface area contributed by atoms with Crippen LogP contribution in [0.5, 0.6) is 0 Å². The maximum absolute atomic E-state index is 4.35. The molecule has 1 aromatic carbocycles. The molecule has 0 atom stereocenters. The third-order valence-electron chi connectivity index (χ3n) is 2.34. The first kappa shape index (κ1) is 15.7. The molecular weight excluding hydrogens is 303 g/mol. The second-order valence-electron chi connectivity index (χ2n) is 3.22. The first-order chi connectivity index (χ1) is 6.95. The van der Waals surface area contributed by atoms with E-state index in [0.717, 1.165) is 21.8 Å². The van der Waals surface area contributed by atoms with Gasteiger partial charge in [0.15, 0.2) is 0 Å². The predicted octanol–water partition coefficient (Wildman–Crippen LogP) is 3.68. The van der Waals surface area contributed by atoms with Crippen molar-refractivity contribution in [1.29, 1.82) is 0 Å². The fraction of sp³-hybridized carbons (Fsp3) is 0. The van der Waals surface area contributed by atoms with E-state index in [1.54, 1.807) is 12.4 Å². The van der Waals surface area contributed by atoms with Gasteiger partial charge in [-0.3, -0.25) is 9.97 Å². The van der Waals surface area contributed by atoms with Crippen LogP contribution < -0.4 is 0 Å². The molecule has 0 spiro atoms. The number of rotatable bonds is 0. The molecule has 0 unspecified atom stereocenters. The van der Waals surface area contributed by atoms with E-state index in [4.69, 9.17) is 0 Å². The van der Waals surface area contributed by atoms with Crippen LogP contribution in [0.4, 0.5) is 0 Å². The fourth-order valence-corrected chi connectivity index (χ4v) is 1.68. The van der Waals surface area contributed by atoms with Crippen LogP contribution in [0, 0.1) is 14.9 Å². The van der Waals surface area contributed by atoms with E-state index >= 15 is 0 Å². The molecule has 0 bridgehead atoms. The summed E-state index contributed by atoms with van der Waals surface area (Å²) >= 11 is 0. The van der Waals surface area contributed by atoms with Gasteiger partial charge in [-0.15, -0.1) is 0 Å². The van der Waals surface area contributed by atoms with E-state index in [1.165, 1.54) is 0 Å². The third kappa shape index (κ3) is 2.69. The van der Waals surface area contributed by atoms with Crippen molar-refractivity contribution in [2.45, 2.75) is 0 Å². The maximum atomic E-state index is 4.35. The van der Waals surface area contributed by atoms with Crippen molar-refractivity contribution in [2.24, 2.45) is 0 Å². The minimum absolute atomic E-state index is 0. The Morgan fingerprint density at radius 3 is 1.47 bits per heavy atom. The van der Waals surface area contributed by atoms with Gasteiger partial charge in [0, 0.05) is 43.6 Å². The van der Waals surface area contributed by atoms with Gasteiger partial charge in [0.2, 0.25) is 0 Å². The van der Waals surface area contributed by atoms with Gasteiger partial charge >= 0.3 is 0 Å². The molecule has 92 valence electrons. The van der Waals surface area contributed by atoms with E-state index in [0.29, 0.717) is 0 Å². The van der Waals surface area contributed by atoms with E-state index in [-0.39, 0.29) is 35.3 Å². The standard InChI is InChI=1S/C12H8N2.2CH3.Pd/c1-3-9-5-6-10-4-2-8-14-12(10)11(9)13-7-1;;;/h1-8H;2*1H3;/q;2*-1;. The van der Waals surface area contributed by atoms with Gasteiger partial charge in [0.05, 0.1) is 11.0 Å². The van der Waals surface area contributed by atoms with Gasteiger partial charge in [-0.05, 0) is 12.1 Å². The number of benzene rings is 1. The molecule has 2 heterocycles. The number of aromatic nitrogens is 2. The molecule has 3 aromatic rings. The van der Waals surface area contributed by atoms with E-state index in [9.17, 15) is 0 Å². The first-order valence-corrected chi connectivity index (χ1v) is 4.53. The van der Waals surface area contributed by atoms with Gasteiger partial charge in [-0.25, -0.2) is 0 Å². The van der Waals surface area contributed by atoms with Gasteiger partial charge < -0.3 is 14.9 Å². The summed E-state index contributed by atoms with van der Waals surface area (Å²) < 4.78 is 0. The molecule has 0 aliphatic heterocycles. The second-order valence-corrected chi connectivity index (χ2v) is 3.22. The van der Waals surface area contributed by atoms with Crippen LogP contribution in [-0.4, -0.2) is 9.97 Å². The molecule has 0 aliphatic rings. The Kier molecular flexibility index (Phi) is 5.95. The summed E-state index contributed by atoms with van der Waals surface area (Å²) in [7, 11) is 0. The van der Waals surface area contributed by atoms with Crippen LogP contribution in [0.3, 0.4) is 0 Å². The fourth-order valence-electron chi connectivity index (χ4n) is 1.68. The average Bonchev–Trinajstić information content (AvgIpc) is 2.29. The third-order valence-corrected chi connectivity index (χ3v) is 2.34. The van der Waals surface area contributed by atoms with Crippen molar-refractivity contribution in [1.82, 2.24) is 9.97 Å². The number of pyridine rings is 2. The van der Waals surface area contributed by atoms with Gasteiger partial charge in [-0.1, -0.05) is 24.3 Å². The Labute approximate surface area is 116 Å². The van der Waals surface area contributed by atoms with E-state index in [1.807, 2.05) is 12.1 Å². The molecule has 0 saturated heterocycles. The van der Waals surface area contributed by atoms with Crippen LogP contribution in [-0.2, 0) is 20.4 Å². The van der Waals surface area contributed by atoms with Crippen molar-refractivity contribution in [2.75, 3.05) is 0 Å². The Morgan fingerprint density at radius 1 is 0.647 bits per heavy atom. The smallest absolute Gasteiger partial charge is 0.0964 e. The number of fused-ring (bicyclic) bond motifs is 3. The molecular formula is C14H14N2Pd-2. The van der Waals surface area contributed by atoms with Crippen LogP contribution in [0.25, 0.3) is 21.8 Å². The van der Waals surface area contributed by atoms with Crippen molar-refractivity contribution in [3.8, 4) is 0 Å². The Hall–Kier alpha value is -1.30. The van der Waals surface area contributed by atoms with Gasteiger partial charge in [0.25, 0.3) is 0 Å². The molecule has 0 radical (unpaired) electrons. The maximum Gasteiger partial charge on any atom is 0.0964 e. The zero-order valence-corrected chi connectivity index (χ0v) is 11.4. The zero-order chi connectivity index (χ0) is 9.38. The summed E-state index contributed by atoms with van der Waals surface area (Å²) in [6.45, 7) is 0. The number of hydrogen-bond acceptors (Lipinski definition) is 2. The molecule has 0 aliphatic carbocycles. The summed E-state index contributed by atoms with van der Waals surface area (Å²) in [4.78, 5) is 8.69. The monoisotopic (exact) mass is 316 g/mol. The van der Waals surface area contributed by atoms with Crippen LogP contribution >= 0.6 is 0 Å². The zero-order valence-electron chi connectivity index (χ0n) is 9.83. The summed E-state index contributed by atoms with van der Waals surface area (Å²) in [5, 5.41) is 2.28. The summed E-state index contributed by atoms with van der Waals surface area (Å²) in [5.74, 6) is 0. The first-order valence-electron chi connectivity index (χ1n) is 4.53. The molecule has 0 saturated carbocycles. The molecule has 3 rings (SSSR count). The summed E-state index contributed by atoms with van der Waals surface area (Å²) in [5.41, 5.74) is 1.95. The minimum Gasteiger partial charge on any atom is -0.358 e. The van der Waals surface area contributed by atoms with Crippen LogP contribution in [0.15, 0.2) is 48.8 Å². The second kappa shape index (κ2) is 6.44. The molecule has 17 heavy (non-hydrogen) atoms. The van der Waals surface area contributed by atoms with Crippen molar-refractivity contribution >= 4 is 21.8 Å². The summed E-state index contributed by atoms with van der Waals surface area (Å²) in [6.07, 6.45) is 3.60. The molecule has 2 aromatic heterocycles. The van der Waals surface area contributed by atoms with E-state index < -0.39 is 0 Å². The topological polar surface area (TPSA) is 25.8 Å². The van der Waals surface area contributed by atoms with Crippen molar-refractivity contribution < 1.29 is 20.4 Å². The quantitative estimate of drug-likeness (QED) is 0.359. The molecule has 3 heteroatoms. The molecule has 0 N–H and O–H groups in total. The summed E-state index contributed by atoms with van der Waals surface area (Å²) in [6, 6.07) is 12.1. The van der Waals surface area contributed by atoms with Gasteiger partial charge in [-0.2, -0.15) is 0 Å². The molecule has 0 fully saturated rings. The van der Waals surface area contributed by atoms with E-state index in [2.05, 4.69) is 34.2 Å². The predicted molar refractivity (Wildman–Crippen MR) is 69.9 cm³/mol. The van der Waals surface area contributed by atoms with Crippen molar-refractivity contribution in [3.63, 3.8) is 0 Å². The number of hydrogen-bond donors (Lipinski definition) is 0.